The van der Waals surface area contributed by atoms with Crippen LogP contribution in [0.25, 0.3) is 0 Å². The highest BCUT2D eigenvalue weighted by molar-refractivity contribution is 5.78. The minimum Gasteiger partial charge on any atom is -0.338 e. The Hall–Kier alpha value is -1.43. The first-order chi connectivity index (χ1) is 12.3. The van der Waals surface area contributed by atoms with Crippen molar-refractivity contribution in [2.45, 2.75) is 64.0 Å². The van der Waals surface area contributed by atoms with Crippen LogP contribution in [0.4, 0.5) is 0 Å². The largest absolute Gasteiger partial charge is 0.338 e. The van der Waals surface area contributed by atoms with Crippen LogP contribution in [-0.2, 0) is 11.3 Å². The van der Waals surface area contributed by atoms with Gasteiger partial charge in [0, 0.05) is 25.7 Å². The lowest BCUT2D eigenvalue weighted by Crippen LogP contribution is -2.53. The van der Waals surface area contributed by atoms with Gasteiger partial charge < -0.3 is 4.90 Å². The molecule has 1 aromatic rings. The van der Waals surface area contributed by atoms with Crippen LogP contribution >= 0.6 is 0 Å². The van der Waals surface area contributed by atoms with Crippen molar-refractivity contribution in [2.75, 3.05) is 26.2 Å². The number of hydrogen-bond donors (Lipinski definition) is 0. The van der Waals surface area contributed by atoms with E-state index in [-0.39, 0.29) is 0 Å². The topological polar surface area (TPSA) is 54.3 Å². The average Bonchev–Trinajstić information content (AvgIpc) is 3.14. The van der Waals surface area contributed by atoms with Gasteiger partial charge in [0.25, 0.3) is 0 Å². The molecule has 1 amide bonds. The predicted octanol–water partition coefficient (Wildman–Crippen LogP) is 2.17. The molecule has 3 unspecified atom stereocenters. The van der Waals surface area contributed by atoms with E-state index in [4.69, 9.17) is 0 Å². The Bertz CT molecular complexity index is 558. The Morgan fingerprint density at radius 1 is 1.04 bits per heavy atom. The fourth-order valence-corrected chi connectivity index (χ4v) is 5.25. The Balaban J connectivity index is 1.32. The average molecular weight is 345 g/mol. The highest BCUT2D eigenvalue weighted by Gasteiger charge is 2.36. The lowest BCUT2D eigenvalue weighted by Gasteiger charge is -2.45. The number of hydrogen-bond acceptors (Lipinski definition) is 4. The van der Waals surface area contributed by atoms with E-state index in [1.165, 1.54) is 51.4 Å². The molecular formula is C19H31N5O. The van der Waals surface area contributed by atoms with Crippen LogP contribution < -0.4 is 0 Å². The zero-order chi connectivity index (χ0) is 17.1. The van der Waals surface area contributed by atoms with Crippen molar-refractivity contribution in [3.63, 3.8) is 0 Å². The second-order valence-corrected chi connectivity index (χ2v) is 8.20. The highest BCUT2D eigenvalue weighted by Crippen LogP contribution is 2.35. The maximum absolute atomic E-state index is 13.0. The molecule has 1 saturated carbocycles. The number of likely N-dealkylation sites (tertiary alicyclic amines) is 2. The van der Waals surface area contributed by atoms with Crippen molar-refractivity contribution < 1.29 is 4.79 Å². The number of rotatable bonds is 4. The van der Waals surface area contributed by atoms with Crippen LogP contribution in [-0.4, -0.2) is 62.7 Å². The second kappa shape index (κ2) is 7.85. The van der Waals surface area contributed by atoms with Crippen molar-refractivity contribution in [1.29, 1.82) is 0 Å². The lowest BCUT2D eigenvalue weighted by molar-refractivity contribution is -0.139. The van der Waals surface area contributed by atoms with Gasteiger partial charge in [0.05, 0.1) is 6.54 Å². The third kappa shape index (κ3) is 4.05. The molecule has 6 heteroatoms. The quantitative estimate of drug-likeness (QED) is 0.839. The minimum absolute atomic E-state index is 0.373. The van der Waals surface area contributed by atoms with Crippen LogP contribution in [0.3, 0.4) is 0 Å². The molecule has 3 atom stereocenters. The molecule has 4 rings (SSSR count). The van der Waals surface area contributed by atoms with Gasteiger partial charge in [-0.2, -0.15) is 5.10 Å². The third-order valence-corrected chi connectivity index (χ3v) is 6.44. The predicted molar refractivity (Wildman–Crippen MR) is 95.9 cm³/mol. The third-order valence-electron chi connectivity index (χ3n) is 6.44. The van der Waals surface area contributed by atoms with Gasteiger partial charge in [0.1, 0.15) is 12.7 Å². The summed E-state index contributed by atoms with van der Waals surface area (Å²) in [6.07, 6.45) is 13.5. The van der Waals surface area contributed by atoms with Gasteiger partial charge in [-0.05, 0) is 56.9 Å². The maximum atomic E-state index is 13.0. The van der Waals surface area contributed by atoms with Crippen LogP contribution in [0.15, 0.2) is 12.7 Å². The van der Waals surface area contributed by atoms with Gasteiger partial charge in [0.15, 0.2) is 0 Å². The Morgan fingerprint density at radius 2 is 1.88 bits per heavy atom. The van der Waals surface area contributed by atoms with Crippen molar-refractivity contribution in [1.82, 2.24) is 24.6 Å². The molecule has 0 spiro atoms. The van der Waals surface area contributed by atoms with Gasteiger partial charge in [-0.3, -0.25) is 14.4 Å². The Kier molecular flexibility index (Phi) is 5.34. The number of carbonyl (C=O) groups excluding carboxylic acids is 1. The lowest BCUT2D eigenvalue weighted by atomic mass is 9.78. The molecule has 1 aromatic heterocycles. The van der Waals surface area contributed by atoms with E-state index in [0.29, 0.717) is 24.4 Å². The fraction of sp³-hybridized carbons (Fsp3) is 0.842. The number of fused-ring (bicyclic) bond motifs is 1. The Labute approximate surface area is 150 Å². The maximum Gasteiger partial charge on any atom is 0.237 e. The molecule has 1 aliphatic carbocycles. The van der Waals surface area contributed by atoms with E-state index < -0.39 is 0 Å². The summed E-state index contributed by atoms with van der Waals surface area (Å²) in [4.78, 5) is 21.7. The first-order valence-corrected chi connectivity index (χ1v) is 10.1. The van der Waals surface area contributed by atoms with Gasteiger partial charge in [-0.1, -0.05) is 12.8 Å². The standard InChI is InChI=1S/C19H31N5O/c25-19(24-10-4-7-17-6-1-2-8-18(17)24)13-22-9-3-5-16(11-22)12-23-15-20-14-21-23/h14-18H,1-13H2. The van der Waals surface area contributed by atoms with E-state index >= 15 is 0 Å². The summed E-state index contributed by atoms with van der Waals surface area (Å²) in [6.45, 7) is 4.57. The summed E-state index contributed by atoms with van der Waals surface area (Å²) < 4.78 is 1.92. The van der Waals surface area contributed by atoms with Gasteiger partial charge in [-0.15, -0.1) is 0 Å². The van der Waals surface area contributed by atoms with Crippen LogP contribution in [0.5, 0.6) is 0 Å². The number of carbonyl (C=O) groups is 1. The fourth-order valence-electron chi connectivity index (χ4n) is 5.25. The van der Waals surface area contributed by atoms with Crippen molar-refractivity contribution in [3.8, 4) is 0 Å². The van der Waals surface area contributed by atoms with E-state index in [1.54, 1.807) is 12.7 Å². The molecule has 0 aromatic carbocycles. The van der Waals surface area contributed by atoms with Gasteiger partial charge in [-0.25, -0.2) is 4.98 Å². The van der Waals surface area contributed by atoms with Gasteiger partial charge in [0.2, 0.25) is 5.91 Å². The Morgan fingerprint density at radius 3 is 2.76 bits per heavy atom. The summed E-state index contributed by atoms with van der Waals surface area (Å²) in [5.41, 5.74) is 0. The van der Waals surface area contributed by atoms with Crippen LogP contribution in [0.2, 0.25) is 0 Å². The first kappa shape index (κ1) is 17.0. The molecule has 0 radical (unpaired) electrons. The zero-order valence-corrected chi connectivity index (χ0v) is 15.2. The molecule has 6 nitrogen and oxygen atoms in total. The molecule has 138 valence electrons. The smallest absolute Gasteiger partial charge is 0.237 e. The normalized spacial score (nSPS) is 30.9. The van der Waals surface area contributed by atoms with Crippen LogP contribution in [0.1, 0.15) is 51.4 Å². The van der Waals surface area contributed by atoms with E-state index in [2.05, 4.69) is 19.9 Å². The SMILES string of the molecule is O=C(CN1CCCC(Cn2cncn2)C1)N1CCCC2CCCCC21. The molecule has 2 saturated heterocycles. The van der Waals surface area contributed by atoms with E-state index in [0.717, 1.165) is 32.1 Å². The second-order valence-electron chi connectivity index (χ2n) is 8.20. The summed E-state index contributed by atoms with van der Waals surface area (Å²) in [5.74, 6) is 1.72. The molecule has 3 heterocycles. The molecule has 3 aliphatic rings. The molecular weight excluding hydrogens is 314 g/mol. The van der Waals surface area contributed by atoms with Gasteiger partial charge >= 0.3 is 0 Å². The summed E-state index contributed by atoms with van der Waals surface area (Å²) in [6, 6.07) is 0.533. The van der Waals surface area contributed by atoms with Crippen molar-refractivity contribution in [3.05, 3.63) is 12.7 Å². The first-order valence-electron chi connectivity index (χ1n) is 10.1. The number of piperidine rings is 2. The molecule has 2 aliphatic heterocycles. The summed E-state index contributed by atoms with van der Waals surface area (Å²) in [7, 11) is 0. The van der Waals surface area contributed by atoms with E-state index in [1.807, 2.05) is 4.68 Å². The molecule has 3 fully saturated rings. The zero-order valence-electron chi connectivity index (χ0n) is 15.2. The summed E-state index contributed by atoms with van der Waals surface area (Å²) >= 11 is 0. The minimum atomic E-state index is 0.373. The number of aromatic nitrogens is 3. The van der Waals surface area contributed by atoms with Crippen molar-refractivity contribution >= 4 is 5.91 Å². The van der Waals surface area contributed by atoms with Crippen LogP contribution in [0, 0.1) is 11.8 Å². The highest BCUT2D eigenvalue weighted by atomic mass is 16.2. The number of nitrogens with zero attached hydrogens (tertiary/aromatic N) is 5. The van der Waals surface area contributed by atoms with Crippen molar-refractivity contribution in [2.24, 2.45) is 11.8 Å². The summed E-state index contributed by atoms with van der Waals surface area (Å²) in [5, 5.41) is 4.23. The number of amides is 1. The molecule has 25 heavy (non-hydrogen) atoms. The molecule has 0 bridgehead atoms. The van der Waals surface area contributed by atoms with E-state index in [9.17, 15) is 4.79 Å². The monoisotopic (exact) mass is 345 g/mol. The molecule has 0 N–H and O–H groups in total.